The molecule has 2 aromatic heterocycles. The van der Waals surface area contributed by atoms with Gasteiger partial charge >= 0.3 is 6.09 Å². The van der Waals surface area contributed by atoms with Gasteiger partial charge in [0.2, 0.25) is 11.8 Å². The SMILES string of the molecule is CN(C(=O)CCc1cccc(F)c1Cl)[C@@H](CCCNC(=O)[C@@H](N)CO)COC(=O)Nc1cc2ccncc2cn1. The van der Waals surface area contributed by atoms with Crippen LogP contribution in [0.25, 0.3) is 10.8 Å². The number of aromatic nitrogens is 2. The highest BCUT2D eigenvalue weighted by atomic mass is 35.5. The Labute approximate surface area is 235 Å². The number of fused-ring (bicyclic) bond motifs is 1. The van der Waals surface area contributed by atoms with Gasteiger partial charge in [-0.15, -0.1) is 0 Å². The van der Waals surface area contributed by atoms with Crippen LogP contribution in [0.4, 0.5) is 15.0 Å². The van der Waals surface area contributed by atoms with Crippen LogP contribution >= 0.6 is 11.6 Å². The first-order valence-electron chi connectivity index (χ1n) is 12.7. The number of rotatable bonds is 13. The summed E-state index contributed by atoms with van der Waals surface area (Å²) in [5.74, 6) is -1.02. The monoisotopic (exact) mass is 574 g/mol. The number of hydrogen-bond donors (Lipinski definition) is 4. The van der Waals surface area contributed by atoms with E-state index in [2.05, 4.69) is 20.6 Å². The molecule has 0 bridgehead atoms. The number of pyridine rings is 2. The van der Waals surface area contributed by atoms with Crippen LogP contribution in [0.1, 0.15) is 24.8 Å². The van der Waals surface area contributed by atoms with Gasteiger partial charge in [0.1, 0.15) is 24.3 Å². The highest BCUT2D eigenvalue weighted by Gasteiger charge is 2.22. The van der Waals surface area contributed by atoms with E-state index in [1.807, 2.05) is 0 Å². The second kappa shape index (κ2) is 15.1. The molecule has 0 fully saturated rings. The molecular formula is C27H32ClFN6O5. The van der Waals surface area contributed by atoms with Crippen LogP contribution in [0.15, 0.2) is 48.9 Å². The molecule has 0 spiro atoms. The minimum Gasteiger partial charge on any atom is -0.447 e. The number of anilines is 1. The maximum absolute atomic E-state index is 13.8. The molecule has 3 aromatic rings. The third kappa shape index (κ3) is 8.83. The first-order chi connectivity index (χ1) is 19.2. The fraction of sp³-hybridized carbons (Fsp3) is 0.370. The number of halogens is 2. The Bertz CT molecular complexity index is 1330. The molecule has 214 valence electrons. The summed E-state index contributed by atoms with van der Waals surface area (Å²) in [5.41, 5.74) is 6.01. The normalized spacial score (nSPS) is 12.4. The topological polar surface area (TPSA) is 160 Å². The third-order valence-electron chi connectivity index (χ3n) is 6.29. The summed E-state index contributed by atoms with van der Waals surface area (Å²) in [6.45, 7) is -0.366. The molecule has 3 rings (SSSR count). The molecule has 0 radical (unpaired) electrons. The van der Waals surface area contributed by atoms with Crippen molar-refractivity contribution in [2.75, 3.05) is 32.1 Å². The summed E-state index contributed by atoms with van der Waals surface area (Å²) in [7, 11) is 1.58. The van der Waals surface area contributed by atoms with Crippen molar-refractivity contribution >= 4 is 46.1 Å². The lowest BCUT2D eigenvalue weighted by Gasteiger charge is -2.28. The van der Waals surface area contributed by atoms with Gasteiger partial charge in [0, 0.05) is 44.0 Å². The van der Waals surface area contributed by atoms with Gasteiger partial charge in [-0.25, -0.2) is 14.2 Å². The van der Waals surface area contributed by atoms with Gasteiger partial charge in [0.15, 0.2) is 0 Å². The van der Waals surface area contributed by atoms with E-state index in [9.17, 15) is 18.8 Å². The van der Waals surface area contributed by atoms with Crippen molar-refractivity contribution in [3.05, 3.63) is 65.3 Å². The Morgan fingerprint density at radius 2 is 2.02 bits per heavy atom. The van der Waals surface area contributed by atoms with Gasteiger partial charge in [-0.1, -0.05) is 23.7 Å². The number of carbonyl (C=O) groups is 3. The number of carbonyl (C=O) groups excluding carboxylic acids is 3. The van der Waals surface area contributed by atoms with Crippen LogP contribution in [-0.4, -0.2) is 76.8 Å². The van der Waals surface area contributed by atoms with Gasteiger partial charge in [0.25, 0.3) is 0 Å². The summed E-state index contributed by atoms with van der Waals surface area (Å²) < 4.78 is 19.2. The van der Waals surface area contributed by atoms with E-state index in [0.29, 0.717) is 24.2 Å². The van der Waals surface area contributed by atoms with Crippen molar-refractivity contribution in [1.29, 1.82) is 0 Å². The van der Waals surface area contributed by atoms with Crippen LogP contribution < -0.4 is 16.4 Å². The number of nitrogens with one attached hydrogen (secondary N) is 2. The number of nitrogens with zero attached hydrogens (tertiary/aromatic N) is 3. The summed E-state index contributed by atoms with van der Waals surface area (Å²) in [4.78, 5) is 47.0. The molecule has 5 N–H and O–H groups in total. The van der Waals surface area contributed by atoms with E-state index in [1.54, 1.807) is 43.8 Å². The fourth-order valence-electron chi connectivity index (χ4n) is 3.88. The van der Waals surface area contributed by atoms with Crippen molar-refractivity contribution < 1.29 is 28.6 Å². The van der Waals surface area contributed by atoms with E-state index in [-0.39, 0.29) is 36.9 Å². The Morgan fingerprint density at radius 3 is 2.80 bits per heavy atom. The molecule has 0 unspecified atom stereocenters. The Kier molecular flexibility index (Phi) is 11.5. The summed E-state index contributed by atoms with van der Waals surface area (Å²) in [6.07, 6.45) is 5.22. The van der Waals surface area contributed by atoms with Crippen LogP contribution in [0, 0.1) is 5.82 Å². The largest absolute Gasteiger partial charge is 0.447 e. The Balaban J connectivity index is 1.59. The quantitative estimate of drug-likeness (QED) is 0.227. The molecule has 1 aromatic carbocycles. The van der Waals surface area contributed by atoms with E-state index in [4.69, 9.17) is 27.2 Å². The zero-order chi connectivity index (χ0) is 29.1. The molecule has 3 amide bonds. The average molecular weight is 575 g/mol. The van der Waals surface area contributed by atoms with Gasteiger partial charge in [-0.2, -0.15) is 0 Å². The minimum atomic E-state index is -1.03. The molecule has 0 aliphatic carbocycles. The lowest BCUT2D eigenvalue weighted by atomic mass is 10.1. The highest BCUT2D eigenvalue weighted by molar-refractivity contribution is 6.31. The second-order valence-electron chi connectivity index (χ2n) is 9.11. The van der Waals surface area contributed by atoms with Gasteiger partial charge in [-0.05, 0) is 48.4 Å². The highest BCUT2D eigenvalue weighted by Crippen LogP contribution is 2.21. The first-order valence-corrected chi connectivity index (χ1v) is 13.0. The average Bonchev–Trinajstić information content (AvgIpc) is 2.96. The fourth-order valence-corrected chi connectivity index (χ4v) is 4.10. The molecule has 2 atom stereocenters. The number of benzene rings is 1. The molecule has 0 saturated heterocycles. The molecule has 0 saturated carbocycles. The van der Waals surface area contributed by atoms with E-state index in [1.165, 1.54) is 17.0 Å². The minimum absolute atomic E-state index is 0.0232. The van der Waals surface area contributed by atoms with Crippen molar-refractivity contribution in [3.63, 3.8) is 0 Å². The van der Waals surface area contributed by atoms with Crippen molar-refractivity contribution in [2.45, 2.75) is 37.8 Å². The predicted octanol–water partition coefficient (Wildman–Crippen LogP) is 2.65. The van der Waals surface area contributed by atoms with Gasteiger partial charge in [-0.3, -0.25) is 19.9 Å². The first kappa shape index (κ1) is 30.7. The zero-order valence-corrected chi connectivity index (χ0v) is 22.7. The maximum Gasteiger partial charge on any atom is 0.412 e. The Hall–Kier alpha value is -3.87. The standard InChI is InChI=1S/C27H32ClFN6O5/c1-35(24(37)8-7-17-4-2-6-21(29)25(17)28)20(5-3-10-32-26(38)22(30)15-36)16-40-27(39)34-23-12-18-9-11-31-13-19(18)14-33-23/h2,4,6,9,11-14,20,22,36H,3,5,7-8,10,15-16,30H2,1H3,(H,32,38)(H,33,34,39)/t20-,22-/m0/s1. The smallest absolute Gasteiger partial charge is 0.412 e. The molecule has 40 heavy (non-hydrogen) atoms. The predicted molar refractivity (Wildman–Crippen MR) is 148 cm³/mol. The molecular weight excluding hydrogens is 543 g/mol. The van der Waals surface area contributed by atoms with Crippen LogP contribution in [0.2, 0.25) is 5.02 Å². The maximum atomic E-state index is 13.8. The number of hydrogen-bond acceptors (Lipinski definition) is 8. The van der Waals surface area contributed by atoms with E-state index >= 15 is 0 Å². The molecule has 0 aliphatic heterocycles. The number of aliphatic hydroxyl groups is 1. The summed E-state index contributed by atoms with van der Waals surface area (Å²) in [5, 5.41) is 15.8. The molecule has 11 nitrogen and oxygen atoms in total. The lowest BCUT2D eigenvalue weighted by Crippen LogP contribution is -2.44. The van der Waals surface area contributed by atoms with Gasteiger partial charge in [0.05, 0.1) is 17.7 Å². The number of aliphatic hydroxyl groups excluding tert-OH is 1. The van der Waals surface area contributed by atoms with Crippen molar-refractivity contribution in [1.82, 2.24) is 20.2 Å². The number of nitrogens with two attached hydrogens (primary N) is 1. The lowest BCUT2D eigenvalue weighted by molar-refractivity contribution is -0.133. The van der Waals surface area contributed by atoms with Crippen LogP contribution in [0.5, 0.6) is 0 Å². The van der Waals surface area contributed by atoms with Crippen LogP contribution in [-0.2, 0) is 20.7 Å². The molecule has 13 heteroatoms. The van der Waals surface area contributed by atoms with E-state index in [0.717, 1.165) is 10.8 Å². The molecule has 0 aliphatic rings. The second-order valence-corrected chi connectivity index (χ2v) is 9.49. The number of aryl methyl sites for hydroxylation is 1. The van der Waals surface area contributed by atoms with Crippen molar-refractivity contribution in [2.24, 2.45) is 5.73 Å². The number of amides is 3. The van der Waals surface area contributed by atoms with Crippen molar-refractivity contribution in [3.8, 4) is 0 Å². The molecule has 2 heterocycles. The Morgan fingerprint density at radius 1 is 1.23 bits per heavy atom. The number of likely N-dealkylation sites (N-methyl/N-ethyl adjacent to an activating group) is 1. The summed E-state index contributed by atoms with van der Waals surface area (Å²) in [6, 6.07) is 6.34. The van der Waals surface area contributed by atoms with Crippen LogP contribution in [0.3, 0.4) is 0 Å². The van der Waals surface area contributed by atoms with Gasteiger partial charge < -0.3 is 25.8 Å². The zero-order valence-electron chi connectivity index (χ0n) is 22.0. The van der Waals surface area contributed by atoms with E-state index < -0.39 is 36.5 Å². The number of ether oxygens (including phenoxy) is 1. The third-order valence-corrected chi connectivity index (χ3v) is 6.71. The summed E-state index contributed by atoms with van der Waals surface area (Å²) >= 11 is 6.01.